The summed E-state index contributed by atoms with van der Waals surface area (Å²) in [6.45, 7) is 0. The third-order valence-corrected chi connectivity index (χ3v) is 3.15. The Morgan fingerprint density at radius 1 is 1.56 bits per heavy atom. The lowest BCUT2D eigenvalue weighted by Crippen LogP contribution is -2.05. The summed E-state index contributed by atoms with van der Waals surface area (Å²) in [5, 5.41) is -0.366. The molecule has 2 atom stereocenters. The zero-order valence-electron chi connectivity index (χ0n) is 5.07. The first-order chi connectivity index (χ1) is 4.05. The van der Waals surface area contributed by atoms with Crippen molar-refractivity contribution in [3.05, 3.63) is 0 Å². The van der Waals surface area contributed by atoms with E-state index in [1.165, 1.54) is 6.26 Å². The van der Waals surface area contributed by atoms with Crippen LogP contribution in [-0.4, -0.2) is 26.2 Å². The molecule has 0 N–H and O–H groups in total. The van der Waals surface area contributed by atoms with Gasteiger partial charge in [-0.15, -0.1) is 0 Å². The van der Waals surface area contributed by atoms with Gasteiger partial charge < -0.3 is 4.79 Å². The highest BCUT2D eigenvalue weighted by Crippen LogP contribution is 2.34. The standard InChI is InChI=1S/C5H8O3S/c1-9(7,8)5-2-4(5)3-6/h3-5H,2H2,1H3/t4-,5-/m1/s1. The van der Waals surface area contributed by atoms with E-state index in [0.29, 0.717) is 12.7 Å². The van der Waals surface area contributed by atoms with E-state index in [0.717, 1.165) is 0 Å². The van der Waals surface area contributed by atoms with Crippen LogP contribution in [0.3, 0.4) is 0 Å². The molecule has 0 aliphatic heterocycles. The number of carbonyl (C=O) groups excluding carboxylic acids is 1. The van der Waals surface area contributed by atoms with Gasteiger partial charge in [0.1, 0.15) is 6.29 Å². The quantitative estimate of drug-likeness (QED) is 0.501. The molecule has 0 radical (unpaired) electrons. The summed E-state index contributed by atoms with van der Waals surface area (Å²) >= 11 is 0. The first-order valence-electron chi connectivity index (χ1n) is 2.70. The predicted octanol–water partition coefficient (Wildman–Crippen LogP) is -0.382. The van der Waals surface area contributed by atoms with E-state index in [1.807, 2.05) is 0 Å². The molecule has 4 heteroatoms. The van der Waals surface area contributed by atoms with Gasteiger partial charge >= 0.3 is 0 Å². The maximum Gasteiger partial charge on any atom is 0.151 e. The molecule has 1 saturated carbocycles. The van der Waals surface area contributed by atoms with Crippen molar-refractivity contribution in [2.45, 2.75) is 11.7 Å². The molecule has 9 heavy (non-hydrogen) atoms. The summed E-state index contributed by atoms with van der Waals surface area (Å²) in [6, 6.07) is 0. The molecule has 52 valence electrons. The molecule has 1 aliphatic rings. The average molecular weight is 148 g/mol. The lowest BCUT2D eigenvalue weighted by atomic mass is 10.5. The number of hydrogen-bond acceptors (Lipinski definition) is 3. The van der Waals surface area contributed by atoms with Crippen molar-refractivity contribution in [1.82, 2.24) is 0 Å². The molecule has 0 aromatic heterocycles. The van der Waals surface area contributed by atoms with Crippen LogP contribution in [0.2, 0.25) is 0 Å². The van der Waals surface area contributed by atoms with Crippen molar-refractivity contribution < 1.29 is 13.2 Å². The van der Waals surface area contributed by atoms with Crippen LogP contribution in [-0.2, 0) is 14.6 Å². The molecule has 1 fully saturated rings. The Bertz CT molecular complexity index is 216. The monoisotopic (exact) mass is 148 g/mol. The maximum absolute atomic E-state index is 10.6. The highest BCUT2D eigenvalue weighted by molar-refractivity contribution is 7.91. The fourth-order valence-electron chi connectivity index (χ4n) is 0.825. The van der Waals surface area contributed by atoms with Crippen molar-refractivity contribution in [2.75, 3.05) is 6.26 Å². The Balaban J connectivity index is 2.63. The Hall–Kier alpha value is -0.380. The van der Waals surface area contributed by atoms with E-state index in [4.69, 9.17) is 0 Å². The van der Waals surface area contributed by atoms with Crippen LogP contribution in [0.15, 0.2) is 0 Å². The molecule has 0 heterocycles. The minimum Gasteiger partial charge on any atom is -0.303 e. The Morgan fingerprint density at radius 3 is 2.22 bits per heavy atom. The molecule has 0 bridgehead atoms. The summed E-state index contributed by atoms with van der Waals surface area (Å²) in [7, 11) is -2.92. The van der Waals surface area contributed by atoms with Gasteiger partial charge in [-0.2, -0.15) is 0 Å². The number of hydrogen-bond donors (Lipinski definition) is 0. The summed E-state index contributed by atoms with van der Waals surface area (Å²) in [6.07, 6.45) is 2.41. The van der Waals surface area contributed by atoms with E-state index < -0.39 is 9.84 Å². The number of carbonyl (C=O) groups is 1. The van der Waals surface area contributed by atoms with E-state index in [2.05, 4.69) is 0 Å². The lowest BCUT2D eigenvalue weighted by Gasteiger charge is -1.87. The van der Waals surface area contributed by atoms with Crippen LogP contribution in [0.25, 0.3) is 0 Å². The SMILES string of the molecule is CS(=O)(=O)[C@@H]1C[C@@H]1C=O. The summed E-state index contributed by atoms with van der Waals surface area (Å²) < 4.78 is 21.2. The van der Waals surface area contributed by atoms with Gasteiger partial charge in [-0.3, -0.25) is 0 Å². The fourth-order valence-corrected chi connectivity index (χ4v) is 2.10. The maximum atomic E-state index is 10.6. The molecular weight excluding hydrogens is 140 g/mol. The van der Waals surface area contributed by atoms with Gasteiger partial charge in [-0.05, 0) is 6.42 Å². The van der Waals surface area contributed by atoms with Gasteiger partial charge in [0.25, 0.3) is 0 Å². The van der Waals surface area contributed by atoms with Crippen molar-refractivity contribution in [1.29, 1.82) is 0 Å². The molecule has 3 nitrogen and oxygen atoms in total. The average Bonchev–Trinajstić information content (AvgIpc) is 2.39. The smallest absolute Gasteiger partial charge is 0.151 e. The molecule has 0 spiro atoms. The lowest BCUT2D eigenvalue weighted by molar-refractivity contribution is -0.108. The van der Waals surface area contributed by atoms with Crippen LogP contribution in [0.4, 0.5) is 0 Å². The highest BCUT2D eigenvalue weighted by atomic mass is 32.2. The second-order valence-corrected chi connectivity index (χ2v) is 4.67. The van der Waals surface area contributed by atoms with Gasteiger partial charge in [0.15, 0.2) is 9.84 Å². The van der Waals surface area contributed by atoms with Gasteiger partial charge in [-0.25, -0.2) is 8.42 Å². The zero-order valence-corrected chi connectivity index (χ0v) is 5.89. The molecule has 0 unspecified atom stereocenters. The van der Waals surface area contributed by atoms with Gasteiger partial charge in [0.05, 0.1) is 5.25 Å². The first kappa shape index (κ1) is 6.74. The molecule has 1 aliphatic carbocycles. The third-order valence-electron chi connectivity index (χ3n) is 1.50. The van der Waals surface area contributed by atoms with Crippen molar-refractivity contribution in [3.8, 4) is 0 Å². The van der Waals surface area contributed by atoms with Gasteiger partial charge in [0, 0.05) is 12.2 Å². The zero-order chi connectivity index (χ0) is 7.07. The Kier molecular flexibility index (Phi) is 1.35. The van der Waals surface area contributed by atoms with Crippen LogP contribution < -0.4 is 0 Å². The van der Waals surface area contributed by atoms with E-state index in [9.17, 15) is 13.2 Å². The van der Waals surface area contributed by atoms with E-state index in [-0.39, 0.29) is 11.2 Å². The van der Waals surface area contributed by atoms with E-state index in [1.54, 1.807) is 0 Å². The Morgan fingerprint density at radius 2 is 2.11 bits per heavy atom. The minimum absolute atomic E-state index is 0.208. The third kappa shape index (κ3) is 1.30. The molecule has 1 rings (SSSR count). The van der Waals surface area contributed by atoms with E-state index >= 15 is 0 Å². The normalized spacial score (nSPS) is 33.9. The topological polar surface area (TPSA) is 51.2 Å². The predicted molar refractivity (Wildman–Crippen MR) is 32.8 cm³/mol. The summed E-state index contributed by atoms with van der Waals surface area (Å²) in [5.41, 5.74) is 0. The minimum atomic E-state index is -2.92. The van der Waals surface area contributed by atoms with Gasteiger partial charge in [0.2, 0.25) is 0 Å². The van der Waals surface area contributed by atoms with Crippen LogP contribution in [0, 0.1) is 5.92 Å². The Labute approximate surface area is 54.0 Å². The van der Waals surface area contributed by atoms with Crippen molar-refractivity contribution in [3.63, 3.8) is 0 Å². The number of rotatable bonds is 2. The highest BCUT2D eigenvalue weighted by Gasteiger charge is 2.44. The van der Waals surface area contributed by atoms with Crippen LogP contribution in [0.1, 0.15) is 6.42 Å². The molecule has 0 aromatic rings. The fraction of sp³-hybridized carbons (Fsp3) is 0.800. The first-order valence-corrected chi connectivity index (χ1v) is 4.65. The van der Waals surface area contributed by atoms with Crippen molar-refractivity contribution >= 4 is 16.1 Å². The van der Waals surface area contributed by atoms with Crippen LogP contribution >= 0.6 is 0 Å². The molecule has 0 amide bonds. The molecule has 0 saturated heterocycles. The van der Waals surface area contributed by atoms with Gasteiger partial charge in [-0.1, -0.05) is 0 Å². The molecule has 0 aromatic carbocycles. The summed E-state index contributed by atoms with van der Waals surface area (Å²) in [5.74, 6) is -0.208. The van der Waals surface area contributed by atoms with Crippen molar-refractivity contribution in [2.24, 2.45) is 5.92 Å². The summed E-state index contributed by atoms with van der Waals surface area (Å²) in [4.78, 5) is 9.96. The molecular formula is C5H8O3S. The van der Waals surface area contributed by atoms with Crippen LogP contribution in [0.5, 0.6) is 0 Å². The number of sulfone groups is 1. The largest absolute Gasteiger partial charge is 0.303 e. The second-order valence-electron chi connectivity index (χ2n) is 2.40. The second kappa shape index (κ2) is 1.80. The number of aldehydes is 1.